The molecule has 5 nitrogen and oxygen atoms in total. The van der Waals surface area contributed by atoms with Crippen LogP contribution >= 0.6 is 0 Å². The third-order valence-electron chi connectivity index (χ3n) is 2.53. The number of carbonyl (C=O) groups excluding carboxylic acids is 1. The molecule has 5 heteroatoms. The van der Waals surface area contributed by atoms with Gasteiger partial charge in [0.05, 0.1) is 7.11 Å². The Morgan fingerprint density at radius 2 is 2.35 bits per heavy atom. The van der Waals surface area contributed by atoms with E-state index in [1.165, 1.54) is 0 Å². The molecular weight excluding hydrogens is 218 g/mol. The summed E-state index contributed by atoms with van der Waals surface area (Å²) in [6.07, 6.45) is 1.93. The largest absolute Gasteiger partial charge is 0.497 e. The molecular formula is C12H15N3O2. The quantitative estimate of drug-likeness (QED) is 0.752. The van der Waals surface area contributed by atoms with Crippen LogP contribution < -0.4 is 15.6 Å². The number of benzene rings is 1. The predicted molar refractivity (Wildman–Crippen MR) is 65.1 cm³/mol. The highest BCUT2D eigenvalue weighted by atomic mass is 16.5. The van der Waals surface area contributed by atoms with Crippen LogP contribution in [-0.2, 0) is 0 Å². The lowest BCUT2D eigenvalue weighted by Gasteiger charge is -2.08. The summed E-state index contributed by atoms with van der Waals surface area (Å²) in [5.41, 5.74) is 6.00. The predicted octanol–water partition coefficient (Wildman–Crippen LogP) is 1.12. The van der Waals surface area contributed by atoms with Crippen molar-refractivity contribution in [2.45, 2.75) is 12.8 Å². The molecule has 1 aliphatic heterocycles. The van der Waals surface area contributed by atoms with E-state index in [4.69, 9.17) is 4.74 Å². The van der Waals surface area contributed by atoms with E-state index in [0.717, 1.165) is 25.2 Å². The van der Waals surface area contributed by atoms with E-state index in [1.54, 1.807) is 31.4 Å². The number of rotatable bonds is 2. The van der Waals surface area contributed by atoms with Crippen molar-refractivity contribution in [2.24, 2.45) is 4.99 Å². The van der Waals surface area contributed by atoms with Gasteiger partial charge in [-0.1, -0.05) is 6.07 Å². The number of amides is 1. The zero-order valence-electron chi connectivity index (χ0n) is 9.69. The minimum atomic E-state index is -0.196. The summed E-state index contributed by atoms with van der Waals surface area (Å²) in [6, 6.07) is 7.00. The number of nitrogens with zero attached hydrogens (tertiary/aromatic N) is 1. The number of hydrogen-bond acceptors (Lipinski definition) is 4. The van der Waals surface area contributed by atoms with Crippen LogP contribution in [-0.4, -0.2) is 25.4 Å². The van der Waals surface area contributed by atoms with E-state index in [1.807, 2.05) is 0 Å². The first kappa shape index (κ1) is 11.4. The van der Waals surface area contributed by atoms with Crippen LogP contribution in [0, 0.1) is 0 Å². The van der Waals surface area contributed by atoms with Gasteiger partial charge in [0, 0.05) is 18.5 Å². The Morgan fingerprint density at radius 1 is 1.47 bits per heavy atom. The van der Waals surface area contributed by atoms with Crippen LogP contribution in [0.25, 0.3) is 0 Å². The van der Waals surface area contributed by atoms with E-state index >= 15 is 0 Å². The fourth-order valence-electron chi connectivity index (χ4n) is 1.61. The van der Waals surface area contributed by atoms with Gasteiger partial charge in [0.25, 0.3) is 5.91 Å². The third kappa shape index (κ3) is 2.96. The Balaban J connectivity index is 1.94. The number of ether oxygens (including phenoxy) is 1. The molecule has 17 heavy (non-hydrogen) atoms. The third-order valence-corrected chi connectivity index (χ3v) is 2.53. The molecule has 0 unspecified atom stereocenters. The van der Waals surface area contributed by atoms with Crippen molar-refractivity contribution in [1.29, 1.82) is 0 Å². The molecule has 1 aliphatic rings. The fourth-order valence-corrected chi connectivity index (χ4v) is 1.61. The van der Waals surface area contributed by atoms with Crippen LogP contribution in [0.4, 0.5) is 0 Å². The van der Waals surface area contributed by atoms with Gasteiger partial charge >= 0.3 is 0 Å². The smallest absolute Gasteiger partial charge is 0.269 e. The first-order valence-electron chi connectivity index (χ1n) is 5.53. The second-order valence-corrected chi connectivity index (χ2v) is 3.74. The van der Waals surface area contributed by atoms with E-state index in [0.29, 0.717) is 11.3 Å². The van der Waals surface area contributed by atoms with Crippen LogP contribution in [0.3, 0.4) is 0 Å². The minimum absolute atomic E-state index is 0.196. The Kier molecular flexibility index (Phi) is 3.59. The summed E-state index contributed by atoms with van der Waals surface area (Å²) in [5, 5.41) is 0. The molecule has 0 spiro atoms. The Hall–Kier alpha value is -2.04. The number of methoxy groups -OCH3 is 1. The van der Waals surface area contributed by atoms with Gasteiger partial charge in [-0.05, 0) is 24.6 Å². The standard InChI is InChI=1S/C12H15N3O2/c1-17-10-5-2-4-9(8-10)12(16)15-14-11-6-3-7-13-11/h2,4-5,8H,3,6-7H2,1H3,(H,13,14)(H,15,16). The van der Waals surface area contributed by atoms with Gasteiger partial charge in [-0.2, -0.15) is 0 Å². The summed E-state index contributed by atoms with van der Waals surface area (Å²) < 4.78 is 5.06. The van der Waals surface area contributed by atoms with Gasteiger partial charge in [-0.25, -0.2) is 0 Å². The molecule has 0 fully saturated rings. The van der Waals surface area contributed by atoms with Crippen molar-refractivity contribution in [3.63, 3.8) is 0 Å². The van der Waals surface area contributed by atoms with Gasteiger partial charge in [-0.15, -0.1) is 0 Å². The van der Waals surface area contributed by atoms with Gasteiger partial charge in [0.1, 0.15) is 11.6 Å². The molecule has 0 bridgehead atoms. The second-order valence-electron chi connectivity index (χ2n) is 3.74. The molecule has 1 amide bonds. The maximum absolute atomic E-state index is 11.8. The summed E-state index contributed by atoms with van der Waals surface area (Å²) in [7, 11) is 1.57. The average molecular weight is 233 g/mol. The maximum atomic E-state index is 11.8. The maximum Gasteiger partial charge on any atom is 0.269 e. The van der Waals surface area contributed by atoms with Gasteiger partial charge in [0.2, 0.25) is 0 Å². The number of amidine groups is 1. The van der Waals surface area contributed by atoms with Gasteiger partial charge in [-0.3, -0.25) is 20.6 Å². The molecule has 0 aliphatic carbocycles. The van der Waals surface area contributed by atoms with E-state index in [-0.39, 0.29) is 5.91 Å². The van der Waals surface area contributed by atoms with Crippen molar-refractivity contribution < 1.29 is 9.53 Å². The van der Waals surface area contributed by atoms with Crippen LogP contribution in [0.2, 0.25) is 0 Å². The lowest BCUT2D eigenvalue weighted by Crippen LogP contribution is -2.40. The van der Waals surface area contributed by atoms with Crippen LogP contribution in [0.5, 0.6) is 5.75 Å². The number of hydrazine groups is 1. The second kappa shape index (κ2) is 5.34. The molecule has 0 saturated carbocycles. The molecule has 0 atom stereocenters. The van der Waals surface area contributed by atoms with Gasteiger partial charge in [0.15, 0.2) is 0 Å². The average Bonchev–Trinajstić information content (AvgIpc) is 2.89. The molecule has 1 aromatic rings. The van der Waals surface area contributed by atoms with E-state index in [9.17, 15) is 4.79 Å². The molecule has 90 valence electrons. The van der Waals surface area contributed by atoms with Crippen molar-refractivity contribution in [2.75, 3.05) is 13.7 Å². The van der Waals surface area contributed by atoms with Crippen molar-refractivity contribution in [3.8, 4) is 5.75 Å². The zero-order chi connectivity index (χ0) is 12.1. The van der Waals surface area contributed by atoms with E-state index < -0.39 is 0 Å². The fraction of sp³-hybridized carbons (Fsp3) is 0.333. The molecule has 1 heterocycles. The molecule has 0 radical (unpaired) electrons. The molecule has 0 aromatic heterocycles. The molecule has 1 aromatic carbocycles. The normalized spacial score (nSPS) is 14.1. The van der Waals surface area contributed by atoms with Crippen molar-refractivity contribution >= 4 is 11.7 Å². The first-order chi connectivity index (χ1) is 8.29. The summed E-state index contributed by atoms with van der Waals surface area (Å²) in [6.45, 7) is 0.831. The summed E-state index contributed by atoms with van der Waals surface area (Å²) >= 11 is 0. The lowest BCUT2D eigenvalue weighted by atomic mass is 10.2. The topological polar surface area (TPSA) is 62.7 Å². The number of aliphatic imine (C=N–C) groups is 1. The first-order valence-corrected chi connectivity index (χ1v) is 5.53. The molecule has 0 saturated heterocycles. The summed E-state index contributed by atoms with van der Waals surface area (Å²) in [4.78, 5) is 16.0. The summed E-state index contributed by atoms with van der Waals surface area (Å²) in [5.74, 6) is 1.30. The Bertz CT molecular complexity index is 443. The minimum Gasteiger partial charge on any atom is -0.497 e. The number of carbonyl (C=O) groups is 1. The number of nitrogens with one attached hydrogen (secondary N) is 2. The van der Waals surface area contributed by atoms with Crippen LogP contribution in [0.1, 0.15) is 23.2 Å². The lowest BCUT2D eigenvalue weighted by molar-refractivity contribution is 0.0943. The van der Waals surface area contributed by atoms with E-state index in [2.05, 4.69) is 15.8 Å². The molecule has 2 rings (SSSR count). The Morgan fingerprint density at radius 3 is 3.06 bits per heavy atom. The van der Waals surface area contributed by atoms with Gasteiger partial charge < -0.3 is 4.74 Å². The highest BCUT2D eigenvalue weighted by Gasteiger charge is 2.09. The Labute approximate surface area is 99.9 Å². The monoisotopic (exact) mass is 233 g/mol. The van der Waals surface area contributed by atoms with Crippen LogP contribution in [0.15, 0.2) is 29.3 Å². The van der Waals surface area contributed by atoms with Crippen molar-refractivity contribution in [3.05, 3.63) is 29.8 Å². The van der Waals surface area contributed by atoms with Crippen molar-refractivity contribution in [1.82, 2.24) is 10.9 Å². The SMILES string of the molecule is COc1cccc(C(=O)NNC2=NCCC2)c1. The zero-order valence-corrected chi connectivity index (χ0v) is 9.69. The molecule has 2 N–H and O–H groups in total. The highest BCUT2D eigenvalue weighted by Crippen LogP contribution is 2.12. The highest BCUT2D eigenvalue weighted by molar-refractivity contribution is 5.96. The number of hydrogen-bond donors (Lipinski definition) is 2.